The van der Waals surface area contributed by atoms with Crippen LogP contribution in [0.15, 0.2) is 12.7 Å². The van der Waals surface area contributed by atoms with Gasteiger partial charge < -0.3 is 0 Å². The first-order valence-corrected chi connectivity index (χ1v) is 2.93. The summed E-state index contributed by atoms with van der Waals surface area (Å²) in [6.45, 7) is 0. The largest absolute Gasteiger partial charge is 0.265 e. The molecule has 0 saturated carbocycles. The molecule has 0 fully saturated rings. The molecule has 0 bridgehead atoms. The molecule has 2 aromatic rings. The molecule has 60 valence electrons. The second-order valence-electron chi connectivity index (χ2n) is 1.83. The number of nitrogens with one attached hydrogen (secondary N) is 1. The fourth-order valence-electron chi connectivity index (χ4n) is 0.622. The molecule has 0 unspecified atom stereocenters. The minimum Gasteiger partial charge on any atom is -0.265 e. The average Bonchev–Trinajstić information content (AvgIpc) is 2.77. The van der Waals surface area contributed by atoms with Gasteiger partial charge in [0.25, 0.3) is 0 Å². The molecule has 2 aromatic heterocycles. The van der Waals surface area contributed by atoms with E-state index < -0.39 is 0 Å². The third-order valence-electron chi connectivity index (χ3n) is 1.13. The second-order valence-corrected chi connectivity index (χ2v) is 1.83. The van der Waals surface area contributed by atoms with E-state index in [1.165, 1.54) is 12.7 Å². The average molecular weight is 165 g/mol. The van der Waals surface area contributed by atoms with Crippen molar-refractivity contribution in [2.45, 2.75) is 0 Å². The third-order valence-corrected chi connectivity index (χ3v) is 1.13. The Morgan fingerprint density at radius 1 is 1.00 bits per heavy atom. The van der Waals surface area contributed by atoms with Gasteiger partial charge in [-0.1, -0.05) is 0 Å². The summed E-state index contributed by atoms with van der Waals surface area (Å²) in [7, 11) is 0. The lowest BCUT2D eigenvalue weighted by atomic mass is 10.9. The molecule has 0 spiro atoms. The van der Waals surface area contributed by atoms with E-state index in [-0.39, 0.29) is 5.96 Å². The molecule has 0 radical (unpaired) electrons. The predicted molar refractivity (Wildman–Crippen MR) is 34.2 cm³/mol. The van der Waals surface area contributed by atoms with Gasteiger partial charge >= 0.3 is 0 Å². The lowest BCUT2D eigenvalue weighted by Crippen LogP contribution is -2.21. The Morgan fingerprint density at radius 2 is 1.50 bits per heavy atom. The fourth-order valence-corrected chi connectivity index (χ4v) is 0.622. The minimum absolute atomic E-state index is 0.0370. The van der Waals surface area contributed by atoms with E-state index in [4.69, 9.17) is 5.41 Å². The van der Waals surface area contributed by atoms with Gasteiger partial charge in [-0.3, -0.25) is 5.41 Å². The van der Waals surface area contributed by atoms with Crippen LogP contribution < -0.4 is 0 Å². The minimum atomic E-state index is -0.0370. The molecule has 0 atom stereocenters. The number of aromatic nitrogens is 8. The molecular weight excluding hydrogens is 162 g/mol. The van der Waals surface area contributed by atoms with E-state index >= 15 is 0 Å². The van der Waals surface area contributed by atoms with Gasteiger partial charge in [0.15, 0.2) is 0 Å². The highest BCUT2D eigenvalue weighted by molar-refractivity contribution is 5.78. The first kappa shape index (κ1) is 6.52. The summed E-state index contributed by atoms with van der Waals surface area (Å²) >= 11 is 0. The third kappa shape index (κ3) is 0.923. The molecule has 0 amide bonds. The zero-order valence-corrected chi connectivity index (χ0v) is 5.73. The van der Waals surface area contributed by atoms with Crippen molar-refractivity contribution < 1.29 is 0 Å². The highest BCUT2D eigenvalue weighted by Crippen LogP contribution is 1.80. The van der Waals surface area contributed by atoms with Crippen molar-refractivity contribution in [3.8, 4) is 0 Å². The topological polar surface area (TPSA) is 111 Å². The monoisotopic (exact) mass is 165 g/mol. The van der Waals surface area contributed by atoms with Crippen LogP contribution in [0.2, 0.25) is 0 Å². The van der Waals surface area contributed by atoms with Crippen LogP contribution in [0, 0.1) is 5.41 Å². The first-order chi connectivity index (χ1) is 5.88. The van der Waals surface area contributed by atoms with E-state index in [1.807, 2.05) is 0 Å². The van der Waals surface area contributed by atoms with Gasteiger partial charge in [-0.15, -0.1) is 10.2 Å². The Balaban J connectivity index is 2.34. The molecule has 0 aliphatic carbocycles. The van der Waals surface area contributed by atoms with Gasteiger partial charge in [0.1, 0.15) is 12.7 Å². The van der Waals surface area contributed by atoms with Crippen LogP contribution in [0.25, 0.3) is 0 Å². The maximum Gasteiger partial charge on any atom is 0.250 e. The molecule has 0 saturated heterocycles. The molecule has 0 aliphatic heterocycles. The summed E-state index contributed by atoms with van der Waals surface area (Å²) in [5.74, 6) is -0.0370. The van der Waals surface area contributed by atoms with Crippen molar-refractivity contribution in [2.75, 3.05) is 0 Å². The molecule has 9 heteroatoms. The van der Waals surface area contributed by atoms with Gasteiger partial charge in [0.2, 0.25) is 5.96 Å². The molecule has 2 rings (SSSR count). The molecule has 0 aliphatic rings. The molecule has 1 N–H and O–H groups in total. The van der Waals surface area contributed by atoms with E-state index in [1.54, 1.807) is 0 Å². The quantitative estimate of drug-likeness (QED) is 0.356. The van der Waals surface area contributed by atoms with Crippen LogP contribution in [0.3, 0.4) is 0 Å². The maximum absolute atomic E-state index is 7.44. The number of tetrazole rings is 2. The first-order valence-electron chi connectivity index (χ1n) is 2.93. The zero-order valence-electron chi connectivity index (χ0n) is 5.73. The Labute approximate surface area is 65.5 Å². The van der Waals surface area contributed by atoms with Gasteiger partial charge in [-0.2, -0.15) is 9.36 Å². The standard InChI is InChI=1S/C3H3N9/c4-3(11-1-5-7-9-11)12-2-6-8-10-12/h1-2,4H. The smallest absolute Gasteiger partial charge is 0.250 e. The van der Waals surface area contributed by atoms with Crippen LogP contribution in [-0.2, 0) is 0 Å². The Kier molecular flexibility index (Phi) is 1.33. The summed E-state index contributed by atoms with van der Waals surface area (Å²) in [6.07, 6.45) is 2.56. The lowest BCUT2D eigenvalue weighted by molar-refractivity contribution is 0.737. The fraction of sp³-hybridized carbons (Fsp3) is 0. The lowest BCUT2D eigenvalue weighted by Gasteiger charge is -1.96. The van der Waals surface area contributed by atoms with Crippen LogP contribution >= 0.6 is 0 Å². The van der Waals surface area contributed by atoms with Gasteiger partial charge in [0.05, 0.1) is 0 Å². The Morgan fingerprint density at radius 3 is 1.83 bits per heavy atom. The molecule has 0 aromatic carbocycles. The van der Waals surface area contributed by atoms with Crippen molar-refractivity contribution in [3.63, 3.8) is 0 Å². The maximum atomic E-state index is 7.44. The van der Waals surface area contributed by atoms with Crippen molar-refractivity contribution >= 4 is 5.96 Å². The van der Waals surface area contributed by atoms with E-state index in [0.29, 0.717) is 0 Å². The Hall–Kier alpha value is -2.19. The van der Waals surface area contributed by atoms with Gasteiger partial charge in [0, 0.05) is 0 Å². The van der Waals surface area contributed by atoms with Crippen LogP contribution in [0.1, 0.15) is 0 Å². The van der Waals surface area contributed by atoms with Gasteiger partial charge in [-0.25, -0.2) is 0 Å². The van der Waals surface area contributed by atoms with Crippen molar-refractivity contribution in [1.29, 1.82) is 5.41 Å². The van der Waals surface area contributed by atoms with E-state index in [2.05, 4.69) is 31.1 Å². The van der Waals surface area contributed by atoms with Crippen molar-refractivity contribution in [2.24, 2.45) is 0 Å². The highest BCUT2D eigenvalue weighted by atomic mass is 15.6. The summed E-state index contributed by atoms with van der Waals surface area (Å²) in [5, 5.41) is 27.9. The molecule has 9 nitrogen and oxygen atoms in total. The number of rotatable bonds is 0. The second kappa shape index (κ2) is 2.45. The predicted octanol–water partition coefficient (Wildman–Crippen LogP) is -2.01. The molecule has 12 heavy (non-hydrogen) atoms. The summed E-state index contributed by atoms with van der Waals surface area (Å²) < 4.78 is 2.27. The van der Waals surface area contributed by atoms with Crippen LogP contribution in [0.4, 0.5) is 0 Å². The SMILES string of the molecule is N=C(n1cnnn1)n1cnnn1. The summed E-state index contributed by atoms with van der Waals surface area (Å²) in [5.41, 5.74) is 0. The van der Waals surface area contributed by atoms with Crippen LogP contribution in [0.5, 0.6) is 0 Å². The highest BCUT2D eigenvalue weighted by Gasteiger charge is 2.04. The Bertz CT molecular complexity index is 320. The molecular formula is C3H3N9. The normalized spacial score (nSPS) is 10.0. The number of hydrogen-bond acceptors (Lipinski definition) is 7. The zero-order chi connectivity index (χ0) is 8.39. The van der Waals surface area contributed by atoms with Crippen molar-refractivity contribution in [1.82, 2.24) is 40.4 Å². The molecule has 2 heterocycles. The van der Waals surface area contributed by atoms with E-state index in [0.717, 1.165) is 9.36 Å². The van der Waals surface area contributed by atoms with Crippen molar-refractivity contribution in [3.05, 3.63) is 12.7 Å². The van der Waals surface area contributed by atoms with Gasteiger partial charge in [-0.05, 0) is 20.9 Å². The number of hydrogen-bond donors (Lipinski definition) is 1. The van der Waals surface area contributed by atoms with E-state index in [9.17, 15) is 0 Å². The summed E-state index contributed by atoms with van der Waals surface area (Å²) in [6, 6.07) is 0. The summed E-state index contributed by atoms with van der Waals surface area (Å²) in [4.78, 5) is 0. The number of nitrogens with zero attached hydrogens (tertiary/aromatic N) is 8. The van der Waals surface area contributed by atoms with Crippen LogP contribution in [-0.4, -0.2) is 46.4 Å².